The molecule has 0 aromatic heterocycles. The summed E-state index contributed by atoms with van der Waals surface area (Å²) in [6.45, 7) is 0. The van der Waals surface area contributed by atoms with Gasteiger partial charge in [-0.25, -0.2) is 4.79 Å². The Hall–Kier alpha value is -0.840. The van der Waals surface area contributed by atoms with Crippen LogP contribution in [0.4, 0.5) is 0 Å². The highest BCUT2D eigenvalue weighted by molar-refractivity contribution is 7.80. The summed E-state index contributed by atoms with van der Waals surface area (Å²) in [7, 11) is 1.64. The zero-order chi connectivity index (χ0) is 8.85. The molecular weight excluding hydrogens is 164 g/mol. The highest BCUT2D eigenvalue weighted by atomic mass is 32.1. The van der Waals surface area contributed by atoms with Crippen molar-refractivity contribution in [3.8, 4) is 0 Å². The molecule has 64 valence electrons. The van der Waals surface area contributed by atoms with Crippen LogP contribution in [0.2, 0.25) is 0 Å². The first-order chi connectivity index (χ1) is 5.13. The van der Waals surface area contributed by atoms with E-state index < -0.39 is 12.0 Å². The second-order valence-electron chi connectivity index (χ2n) is 2.04. The monoisotopic (exact) mass is 176 g/mol. The maximum atomic E-state index is 10.5. The highest BCUT2D eigenvalue weighted by Gasteiger charge is 2.17. The van der Waals surface area contributed by atoms with Crippen LogP contribution >= 0.6 is 12.6 Å². The van der Waals surface area contributed by atoms with E-state index in [4.69, 9.17) is 10.8 Å². The van der Waals surface area contributed by atoms with Crippen molar-refractivity contribution in [3.05, 3.63) is 12.4 Å². The summed E-state index contributed by atoms with van der Waals surface area (Å²) >= 11 is 3.89. The molecule has 0 saturated heterocycles. The molecular formula is C6H12N2O2S. The summed E-state index contributed by atoms with van der Waals surface area (Å²) in [6, 6.07) is -0.613. The van der Waals surface area contributed by atoms with Crippen LogP contribution in [0.3, 0.4) is 0 Å². The molecule has 0 unspecified atom stereocenters. The number of carboxylic acid groups (broad SMARTS) is 1. The lowest BCUT2D eigenvalue weighted by Gasteiger charge is -2.20. The lowest BCUT2D eigenvalue weighted by atomic mass is 10.3. The maximum Gasteiger partial charge on any atom is 0.327 e. The van der Waals surface area contributed by atoms with Crippen LogP contribution in [0.1, 0.15) is 0 Å². The van der Waals surface area contributed by atoms with E-state index in [1.54, 1.807) is 7.05 Å². The summed E-state index contributed by atoms with van der Waals surface area (Å²) < 4.78 is 0. The Morgan fingerprint density at radius 3 is 2.73 bits per heavy atom. The molecule has 3 N–H and O–H groups in total. The molecule has 11 heavy (non-hydrogen) atoms. The summed E-state index contributed by atoms with van der Waals surface area (Å²) in [5.74, 6) is -0.642. The normalized spacial score (nSPS) is 13.3. The molecule has 5 heteroatoms. The maximum absolute atomic E-state index is 10.5. The van der Waals surface area contributed by atoms with Gasteiger partial charge in [0.25, 0.3) is 0 Å². The molecule has 0 aliphatic carbocycles. The molecule has 0 radical (unpaired) electrons. The van der Waals surface area contributed by atoms with Gasteiger partial charge in [-0.3, -0.25) is 0 Å². The third kappa shape index (κ3) is 3.18. The van der Waals surface area contributed by atoms with Gasteiger partial charge in [0, 0.05) is 25.2 Å². The van der Waals surface area contributed by atoms with Gasteiger partial charge in [-0.15, -0.1) is 0 Å². The van der Waals surface area contributed by atoms with Crippen LogP contribution < -0.4 is 5.73 Å². The fraction of sp³-hybridized carbons (Fsp3) is 0.500. The minimum absolute atomic E-state index is 0.260. The molecule has 0 heterocycles. The predicted octanol–water partition coefficient (Wildman–Crippen LogP) is -0.269. The average Bonchev–Trinajstić information content (AvgIpc) is 1.88. The van der Waals surface area contributed by atoms with Gasteiger partial charge in [0.15, 0.2) is 0 Å². The smallest absolute Gasteiger partial charge is 0.327 e. The van der Waals surface area contributed by atoms with Gasteiger partial charge >= 0.3 is 5.97 Å². The number of thiol groups is 1. The fourth-order valence-electron chi connectivity index (χ4n) is 0.621. The SMILES string of the molecule is CN(C=CN)[C@@H](CS)C(=O)O. The van der Waals surface area contributed by atoms with Crippen molar-refractivity contribution in [2.75, 3.05) is 12.8 Å². The Bertz CT molecular complexity index is 161. The van der Waals surface area contributed by atoms with Crippen molar-refractivity contribution >= 4 is 18.6 Å². The van der Waals surface area contributed by atoms with Crippen molar-refractivity contribution in [2.45, 2.75) is 6.04 Å². The van der Waals surface area contributed by atoms with Crippen LogP contribution in [0.25, 0.3) is 0 Å². The average molecular weight is 176 g/mol. The highest BCUT2D eigenvalue weighted by Crippen LogP contribution is 1.99. The van der Waals surface area contributed by atoms with Gasteiger partial charge in [-0.2, -0.15) is 12.6 Å². The van der Waals surface area contributed by atoms with Crippen LogP contribution in [0, 0.1) is 0 Å². The van der Waals surface area contributed by atoms with E-state index in [2.05, 4.69) is 12.6 Å². The van der Waals surface area contributed by atoms with E-state index in [-0.39, 0.29) is 5.75 Å². The first-order valence-corrected chi connectivity index (χ1v) is 3.70. The van der Waals surface area contributed by atoms with Gasteiger partial charge < -0.3 is 15.7 Å². The summed E-state index contributed by atoms with van der Waals surface area (Å²) in [4.78, 5) is 12.0. The van der Waals surface area contributed by atoms with Gasteiger partial charge in [0.2, 0.25) is 0 Å². The molecule has 0 spiro atoms. The Kier molecular flexibility index (Phi) is 4.52. The number of likely N-dealkylation sites (N-methyl/N-ethyl adjacent to an activating group) is 1. The Balaban J connectivity index is 4.13. The first kappa shape index (κ1) is 10.2. The molecule has 0 aliphatic rings. The largest absolute Gasteiger partial charge is 0.480 e. The molecule has 0 aliphatic heterocycles. The minimum atomic E-state index is -0.902. The third-order valence-corrected chi connectivity index (χ3v) is 1.62. The van der Waals surface area contributed by atoms with E-state index in [1.807, 2.05) is 0 Å². The van der Waals surface area contributed by atoms with Crippen molar-refractivity contribution in [3.63, 3.8) is 0 Å². The van der Waals surface area contributed by atoms with Crippen molar-refractivity contribution in [2.24, 2.45) is 5.73 Å². The molecule has 0 aromatic carbocycles. The standard InChI is InChI=1S/C6H12N2O2S/c1-8(3-2-7)5(4-11)6(9)10/h2-3,5,11H,4,7H2,1H3,(H,9,10)/t5-/m0/s1. The molecule has 1 atom stereocenters. The predicted molar refractivity (Wildman–Crippen MR) is 46.4 cm³/mol. The molecule has 0 fully saturated rings. The van der Waals surface area contributed by atoms with Crippen molar-refractivity contribution in [1.29, 1.82) is 0 Å². The van der Waals surface area contributed by atoms with E-state index in [0.29, 0.717) is 0 Å². The van der Waals surface area contributed by atoms with Crippen LogP contribution in [-0.4, -0.2) is 34.8 Å². The number of hydrogen-bond acceptors (Lipinski definition) is 4. The topological polar surface area (TPSA) is 66.6 Å². The Morgan fingerprint density at radius 1 is 1.91 bits per heavy atom. The third-order valence-electron chi connectivity index (χ3n) is 1.27. The van der Waals surface area contributed by atoms with Gasteiger partial charge in [0.05, 0.1) is 0 Å². The fourth-order valence-corrected chi connectivity index (χ4v) is 1.03. The van der Waals surface area contributed by atoms with Gasteiger partial charge in [0.1, 0.15) is 6.04 Å². The number of carbonyl (C=O) groups is 1. The minimum Gasteiger partial charge on any atom is -0.480 e. The number of rotatable bonds is 4. The Labute approximate surface area is 71.1 Å². The van der Waals surface area contributed by atoms with Crippen LogP contribution in [0.15, 0.2) is 12.4 Å². The Morgan fingerprint density at radius 2 is 2.45 bits per heavy atom. The van der Waals surface area contributed by atoms with Gasteiger partial charge in [-0.1, -0.05) is 0 Å². The summed E-state index contributed by atoms with van der Waals surface area (Å²) in [5.41, 5.74) is 5.08. The van der Waals surface area contributed by atoms with Gasteiger partial charge in [-0.05, 0) is 0 Å². The van der Waals surface area contributed by atoms with Crippen LogP contribution in [0.5, 0.6) is 0 Å². The van der Waals surface area contributed by atoms with Crippen molar-refractivity contribution < 1.29 is 9.90 Å². The molecule has 0 saturated carbocycles. The second-order valence-corrected chi connectivity index (χ2v) is 2.41. The molecule has 0 amide bonds. The number of hydrogen-bond donors (Lipinski definition) is 3. The number of nitrogens with two attached hydrogens (primary N) is 1. The van der Waals surface area contributed by atoms with Crippen molar-refractivity contribution in [1.82, 2.24) is 4.90 Å². The zero-order valence-electron chi connectivity index (χ0n) is 6.27. The summed E-state index contributed by atoms with van der Waals surface area (Å²) in [5, 5.41) is 8.61. The lowest BCUT2D eigenvalue weighted by molar-refractivity contribution is -0.140. The van der Waals surface area contributed by atoms with E-state index >= 15 is 0 Å². The number of nitrogens with zero attached hydrogens (tertiary/aromatic N) is 1. The molecule has 4 nitrogen and oxygen atoms in total. The van der Waals surface area contributed by atoms with Crippen LogP contribution in [-0.2, 0) is 4.79 Å². The lowest BCUT2D eigenvalue weighted by Crippen LogP contribution is -2.36. The molecule has 0 aromatic rings. The van der Waals surface area contributed by atoms with E-state index in [1.165, 1.54) is 17.3 Å². The second kappa shape index (κ2) is 4.90. The van der Waals surface area contributed by atoms with E-state index in [0.717, 1.165) is 0 Å². The van der Waals surface area contributed by atoms with E-state index in [9.17, 15) is 4.79 Å². The first-order valence-electron chi connectivity index (χ1n) is 3.07. The number of carboxylic acids is 1. The molecule has 0 bridgehead atoms. The quantitative estimate of drug-likeness (QED) is 0.516. The summed E-state index contributed by atoms with van der Waals surface area (Å²) in [6.07, 6.45) is 2.79. The molecule has 0 rings (SSSR count). The number of aliphatic carboxylic acids is 1. The zero-order valence-corrected chi connectivity index (χ0v) is 7.16.